The average Bonchev–Trinajstić information content (AvgIpc) is 3.36. The Balaban J connectivity index is 1.58. The highest BCUT2D eigenvalue weighted by molar-refractivity contribution is 5.99. The number of hydrogen-bond donors (Lipinski definition) is 2. The van der Waals surface area contributed by atoms with Crippen molar-refractivity contribution >= 4 is 33.8 Å². The van der Waals surface area contributed by atoms with Gasteiger partial charge in [0.05, 0.1) is 12.6 Å². The standard InChI is InChI=1S/C21H21N5O3/c1-3-26-19-9-8-13(10-17(19)24-25-26)20(27)23-18(21(28)29-2)11-14-12-22-16-7-5-4-6-15(14)16/h4-10,12,18,22H,3,11H2,1-2H3,(H,23,27). The molecule has 4 rings (SSSR count). The van der Waals surface area contributed by atoms with Crippen LogP contribution in [0.3, 0.4) is 0 Å². The minimum absolute atomic E-state index is 0.316. The van der Waals surface area contributed by atoms with Gasteiger partial charge in [-0.15, -0.1) is 5.10 Å². The highest BCUT2D eigenvalue weighted by atomic mass is 16.5. The summed E-state index contributed by atoms with van der Waals surface area (Å²) < 4.78 is 6.66. The molecule has 2 aromatic heterocycles. The summed E-state index contributed by atoms with van der Waals surface area (Å²) in [5.74, 6) is -0.866. The molecular formula is C21H21N5O3. The summed E-state index contributed by atoms with van der Waals surface area (Å²) in [5.41, 5.74) is 3.80. The Morgan fingerprint density at radius 1 is 1.24 bits per heavy atom. The first-order valence-corrected chi connectivity index (χ1v) is 9.37. The van der Waals surface area contributed by atoms with Crippen molar-refractivity contribution in [2.45, 2.75) is 25.9 Å². The number of amides is 1. The number of aromatic nitrogens is 4. The van der Waals surface area contributed by atoms with Gasteiger partial charge in [0.1, 0.15) is 11.6 Å². The van der Waals surface area contributed by atoms with Gasteiger partial charge in [-0.25, -0.2) is 9.48 Å². The quantitative estimate of drug-likeness (QED) is 0.492. The second-order valence-corrected chi connectivity index (χ2v) is 6.72. The molecule has 1 amide bonds. The number of methoxy groups -OCH3 is 1. The number of esters is 1. The first-order valence-electron chi connectivity index (χ1n) is 9.37. The monoisotopic (exact) mass is 391 g/mol. The van der Waals surface area contributed by atoms with Gasteiger partial charge in [-0.1, -0.05) is 23.4 Å². The van der Waals surface area contributed by atoms with E-state index in [2.05, 4.69) is 20.6 Å². The molecule has 8 nitrogen and oxygen atoms in total. The number of carbonyl (C=O) groups excluding carboxylic acids is 2. The lowest BCUT2D eigenvalue weighted by atomic mass is 10.0. The maximum atomic E-state index is 12.8. The van der Waals surface area contributed by atoms with Gasteiger partial charge in [0, 0.05) is 35.6 Å². The lowest BCUT2D eigenvalue weighted by molar-refractivity contribution is -0.142. The van der Waals surface area contributed by atoms with Crippen molar-refractivity contribution in [2.75, 3.05) is 7.11 Å². The van der Waals surface area contributed by atoms with E-state index in [9.17, 15) is 9.59 Å². The van der Waals surface area contributed by atoms with E-state index in [0.717, 1.165) is 22.0 Å². The molecule has 0 aliphatic carbocycles. The summed E-state index contributed by atoms with van der Waals surface area (Å²) in [6.07, 6.45) is 2.17. The van der Waals surface area contributed by atoms with Crippen LogP contribution < -0.4 is 5.32 Å². The molecule has 1 atom stereocenters. The number of aryl methyl sites for hydroxylation is 1. The van der Waals surface area contributed by atoms with Gasteiger partial charge in [-0.2, -0.15) is 0 Å². The molecule has 0 fully saturated rings. The zero-order valence-electron chi connectivity index (χ0n) is 16.2. The van der Waals surface area contributed by atoms with Crippen molar-refractivity contribution in [3.63, 3.8) is 0 Å². The van der Waals surface area contributed by atoms with Crippen LogP contribution in [0.15, 0.2) is 48.7 Å². The number of ether oxygens (including phenoxy) is 1. The lowest BCUT2D eigenvalue weighted by Crippen LogP contribution is -2.43. The van der Waals surface area contributed by atoms with Crippen LogP contribution >= 0.6 is 0 Å². The van der Waals surface area contributed by atoms with Gasteiger partial charge in [-0.05, 0) is 36.8 Å². The van der Waals surface area contributed by atoms with Crippen LogP contribution in [0.2, 0.25) is 0 Å². The maximum absolute atomic E-state index is 12.8. The van der Waals surface area contributed by atoms with E-state index < -0.39 is 12.0 Å². The lowest BCUT2D eigenvalue weighted by Gasteiger charge is -2.16. The Morgan fingerprint density at radius 3 is 2.86 bits per heavy atom. The van der Waals surface area contributed by atoms with Gasteiger partial charge in [0.15, 0.2) is 0 Å². The Bertz CT molecular complexity index is 1190. The molecule has 0 aliphatic heterocycles. The normalized spacial score (nSPS) is 12.2. The molecule has 2 heterocycles. The molecule has 4 aromatic rings. The number of para-hydroxylation sites is 1. The first kappa shape index (κ1) is 18.7. The molecule has 0 aliphatic rings. The molecule has 0 saturated heterocycles. The molecule has 2 N–H and O–H groups in total. The number of aromatic amines is 1. The van der Waals surface area contributed by atoms with Crippen LogP contribution in [-0.2, 0) is 22.5 Å². The van der Waals surface area contributed by atoms with Gasteiger partial charge in [0.25, 0.3) is 5.91 Å². The topological polar surface area (TPSA) is 102 Å². The number of hydrogen-bond acceptors (Lipinski definition) is 5. The number of carbonyl (C=O) groups is 2. The number of nitrogens with one attached hydrogen (secondary N) is 2. The Hall–Kier alpha value is -3.68. The van der Waals surface area contributed by atoms with E-state index in [4.69, 9.17) is 4.74 Å². The van der Waals surface area contributed by atoms with Crippen LogP contribution in [0, 0.1) is 0 Å². The second kappa shape index (κ2) is 7.75. The minimum Gasteiger partial charge on any atom is -0.467 e. The van der Waals surface area contributed by atoms with Crippen molar-refractivity contribution in [1.29, 1.82) is 0 Å². The van der Waals surface area contributed by atoms with Crippen molar-refractivity contribution < 1.29 is 14.3 Å². The fourth-order valence-electron chi connectivity index (χ4n) is 3.44. The SMILES string of the molecule is CCn1nnc2cc(C(=O)NC(Cc3c[nH]c4ccccc34)C(=O)OC)ccc21. The molecule has 0 bridgehead atoms. The van der Waals surface area contributed by atoms with Gasteiger partial charge in [-0.3, -0.25) is 4.79 Å². The summed E-state index contributed by atoms with van der Waals surface area (Å²) in [4.78, 5) is 28.3. The largest absolute Gasteiger partial charge is 0.467 e. The minimum atomic E-state index is -0.811. The highest BCUT2D eigenvalue weighted by Gasteiger charge is 2.24. The van der Waals surface area contributed by atoms with Crippen LogP contribution in [-0.4, -0.2) is 45.0 Å². The summed E-state index contributed by atoms with van der Waals surface area (Å²) in [7, 11) is 1.31. The van der Waals surface area contributed by atoms with Crippen molar-refractivity contribution in [3.8, 4) is 0 Å². The fraction of sp³-hybridized carbons (Fsp3) is 0.238. The van der Waals surface area contributed by atoms with E-state index in [1.54, 1.807) is 22.9 Å². The van der Waals surface area contributed by atoms with Gasteiger partial charge < -0.3 is 15.0 Å². The smallest absolute Gasteiger partial charge is 0.328 e. The summed E-state index contributed by atoms with van der Waals surface area (Å²) in [6, 6.07) is 12.2. The third-order valence-corrected chi connectivity index (χ3v) is 4.97. The van der Waals surface area contributed by atoms with Crippen LogP contribution in [0.5, 0.6) is 0 Å². The predicted molar refractivity (Wildman–Crippen MR) is 108 cm³/mol. The van der Waals surface area contributed by atoms with Crippen molar-refractivity contribution in [2.24, 2.45) is 0 Å². The van der Waals surface area contributed by atoms with E-state index in [-0.39, 0.29) is 5.91 Å². The molecule has 0 saturated carbocycles. The van der Waals surface area contributed by atoms with E-state index in [1.807, 2.05) is 37.4 Å². The second-order valence-electron chi connectivity index (χ2n) is 6.72. The summed E-state index contributed by atoms with van der Waals surface area (Å²) in [5, 5.41) is 11.9. The molecule has 29 heavy (non-hydrogen) atoms. The van der Waals surface area contributed by atoms with E-state index in [0.29, 0.717) is 24.0 Å². The maximum Gasteiger partial charge on any atom is 0.328 e. The third-order valence-electron chi connectivity index (χ3n) is 4.97. The van der Waals surface area contributed by atoms with Crippen molar-refractivity contribution in [1.82, 2.24) is 25.3 Å². The van der Waals surface area contributed by atoms with E-state index >= 15 is 0 Å². The number of fused-ring (bicyclic) bond motifs is 2. The average molecular weight is 391 g/mol. The number of benzene rings is 2. The van der Waals surface area contributed by atoms with Crippen molar-refractivity contribution in [3.05, 3.63) is 59.8 Å². The van der Waals surface area contributed by atoms with Gasteiger partial charge in [0.2, 0.25) is 0 Å². The number of H-pyrrole nitrogens is 1. The van der Waals surface area contributed by atoms with Crippen LogP contribution in [0.25, 0.3) is 21.9 Å². The molecular weight excluding hydrogens is 370 g/mol. The molecule has 0 radical (unpaired) electrons. The highest BCUT2D eigenvalue weighted by Crippen LogP contribution is 2.20. The summed E-state index contributed by atoms with van der Waals surface area (Å²) >= 11 is 0. The molecule has 0 spiro atoms. The fourth-order valence-corrected chi connectivity index (χ4v) is 3.44. The van der Waals surface area contributed by atoms with Gasteiger partial charge >= 0.3 is 5.97 Å². The zero-order chi connectivity index (χ0) is 20.4. The van der Waals surface area contributed by atoms with E-state index in [1.165, 1.54) is 7.11 Å². The first-order chi connectivity index (χ1) is 14.1. The zero-order valence-corrected chi connectivity index (χ0v) is 16.2. The third kappa shape index (κ3) is 3.56. The van der Waals surface area contributed by atoms with Crippen LogP contribution in [0.1, 0.15) is 22.8 Å². The predicted octanol–water partition coefficient (Wildman–Crippen LogP) is 2.45. The molecule has 8 heteroatoms. The summed E-state index contributed by atoms with van der Waals surface area (Å²) in [6.45, 7) is 2.66. The Morgan fingerprint density at radius 2 is 2.07 bits per heavy atom. The Labute approximate surface area is 166 Å². The Kier molecular flexibility index (Phi) is 4.99. The molecule has 2 aromatic carbocycles. The number of rotatable bonds is 6. The molecule has 148 valence electrons. The van der Waals surface area contributed by atoms with Crippen LogP contribution in [0.4, 0.5) is 0 Å². The molecule has 1 unspecified atom stereocenters. The number of nitrogens with zero attached hydrogens (tertiary/aromatic N) is 3.